The summed E-state index contributed by atoms with van der Waals surface area (Å²) in [5.74, 6) is 0. The number of halogens is 2. The normalized spacial score (nSPS) is 20.1. The summed E-state index contributed by atoms with van der Waals surface area (Å²) in [5.41, 5.74) is 0. The van der Waals surface area contributed by atoms with Crippen molar-refractivity contribution in [3.63, 3.8) is 0 Å². The van der Waals surface area contributed by atoms with E-state index in [1.54, 1.807) is 13.8 Å². The average molecular weight is 432 g/mol. The molecule has 18 heavy (non-hydrogen) atoms. The fraction of sp³-hybridized carbons (Fsp3) is 1.00. The van der Waals surface area contributed by atoms with E-state index >= 15 is 0 Å². The van der Waals surface area contributed by atoms with Gasteiger partial charge in [0.25, 0.3) is 20.2 Å². The minimum atomic E-state index is -3.57. The van der Waals surface area contributed by atoms with Crippen LogP contribution >= 0.6 is 31.9 Å². The van der Waals surface area contributed by atoms with Crippen LogP contribution in [-0.2, 0) is 28.6 Å². The molecule has 4 atom stereocenters. The van der Waals surface area contributed by atoms with Crippen LogP contribution in [-0.4, -0.2) is 51.2 Å². The molecule has 0 aliphatic heterocycles. The Morgan fingerprint density at radius 1 is 0.778 bits per heavy atom. The molecule has 0 spiro atoms. The van der Waals surface area contributed by atoms with Gasteiger partial charge in [-0.2, -0.15) is 16.8 Å². The molecule has 6 nitrogen and oxygen atoms in total. The quantitative estimate of drug-likeness (QED) is 0.445. The van der Waals surface area contributed by atoms with Crippen molar-refractivity contribution in [2.75, 3.05) is 12.5 Å². The Balaban J connectivity index is 4.63. The lowest BCUT2D eigenvalue weighted by molar-refractivity contribution is 0.185. The predicted molar refractivity (Wildman–Crippen MR) is 76.2 cm³/mol. The zero-order valence-corrected chi connectivity index (χ0v) is 15.1. The standard InChI is InChI=1S/C8H16Br2O6S2/c1-5(15-17(3,11)12)7(9)8(10)6(2)16-18(4,13)14/h5-8H,1-4H3. The molecule has 0 aliphatic carbocycles. The van der Waals surface area contributed by atoms with Gasteiger partial charge in [0, 0.05) is 0 Å². The minimum absolute atomic E-state index is 0.441. The molecule has 0 rings (SSSR count). The van der Waals surface area contributed by atoms with Crippen molar-refractivity contribution in [2.24, 2.45) is 0 Å². The molecule has 0 heterocycles. The molecule has 0 saturated carbocycles. The highest BCUT2D eigenvalue weighted by Gasteiger charge is 2.31. The molecule has 0 aromatic heterocycles. The first-order chi connectivity index (χ1) is 7.83. The van der Waals surface area contributed by atoms with Crippen molar-refractivity contribution in [3.05, 3.63) is 0 Å². The molecule has 0 fully saturated rings. The third kappa shape index (κ3) is 8.05. The number of alkyl halides is 2. The van der Waals surface area contributed by atoms with Crippen LogP contribution in [0, 0.1) is 0 Å². The fourth-order valence-corrected chi connectivity index (χ4v) is 3.88. The van der Waals surface area contributed by atoms with Gasteiger partial charge in [0.2, 0.25) is 0 Å². The van der Waals surface area contributed by atoms with Crippen molar-refractivity contribution in [1.29, 1.82) is 0 Å². The van der Waals surface area contributed by atoms with Crippen LogP contribution in [0.5, 0.6) is 0 Å². The molecular weight excluding hydrogens is 416 g/mol. The second-order valence-corrected chi connectivity index (χ2v) is 9.22. The maximum Gasteiger partial charge on any atom is 0.264 e. The van der Waals surface area contributed by atoms with Crippen molar-refractivity contribution in [2.45, 2.75) is 35.7 Å². The molecule has 0 bridgehead atoms. The van der Waals surface area contributed by atoms with Crippen LogP contribution in [0.3, 0.4) is 0 Å². The molecule has 0 aliphatic rings. The minimum Gasteiger partial charge on any atom is -0.266 e. The van der Waals surface area contributed by atoms with E-state index in [1.165, 1.54) is 0 Å². The highest BCUT2D eigenvalue weighted by Crippen LogP contribution is 2.25. The van der Waals surface area contributed by atoms with Gasteiger partial charge in [-0.1, -0.05) is 31.9 Å². The first-order valence-corrected chi connectivity index (χ1v) is 10.3. The van der Waals surface area contributed by atoms with E-state index in [0.29, 0.717) is 0 Å². The Labute approximate surface area is 125 Å². The molecule has 0 N–H and O–H groups in total. The van der Waals surface area contributed by atoms with Crippen molar-refractivity contribution < 1.29 is 25.2 Å². The summed E-state index contributed by atoms with van der Waals surface area (Å²) < 4.78 is 53.5. The maximum absolute atomic E-state index is 11.0. The summed E-state index contributed by atoms with van der Waals surface area (Å²) in [6.45, 7) is 3.11. The van der Waals surface area contributed by atoms with Gasteiger partial charge in [-0.05, 0) is 13.8 Å². The molecule has 0 saturated heterocycles. The highest BCUT2D eigenvalue weighted by atomic mass is 79.9. The average Bonchev–Trinajstić information content (AvgIpc) is 2.09. The van der Waals surface area contributed by atoms with E-state index in [4.69, 9.17) is 8.37 Å². The van der Waals surface area contributed by atoms with Gasteiger partial charge in [0.1, 0.15) is 0 Å². The summed E-state index contributed by atoms with van der Waals surface area (Å²) in [6, 6.07) is 0. The number of hydrogen-bond acceptors (Lipinski definition) is 6. The smallest absolute Gasteiger partial charge is 0.264 e. The first-order valence-electron chi connectivity index (χ1n) is 4.88. The Bertz CT molecular complexity index is 416. The van der Waals surface area contributed by atoms with Crippen LogP contribution in [0.2, 0.25) is 0 Å². The lowest BCUT2D eigenvalue weighted by atomic mass is 10.1. The largest absolute Gasteiger partial charge is 0.266 e. The van der Waals surface area contributed by atoms with Gasteiger partial charge >= 0.3 is 0 Å². The van der Waals surface area contributed by atoms with Crippen molar-refractivity contribution >= 4 is 52.1 Å². The van der Waals surface area contributed by atoms with E-state index in [2.05, 4.69) is 31.9 Å². The zero-order valence-electron chi connectivity index (χ0n) is 10.3. The molecule has 0 radical (unpaired) electrons. The summed E-state index contributed by atoms with van der Waals surface area (Å²) >= 11 is 6.52. The van der Waals surface area contributed by atoms with E-state index in [-0.39, 0.29) is 0 Å². The summed E-state index contributed by atoms with van der Waals surface area (Å²) in [6.07, 6.45) is 0.552. The second kappa shape index (κ2) is 6.98. The Hall–Kier alpha value is 0.780. The summed E-state index contributed by atoms with van der Waals surface area (Å²) in [7, 11) is -7.15. The zero-order chi connectivity index (χ0) is 14.7. The van der Waals surface area contributed by atoms with Gasteiger partial charge in [-0.15, -0.1) is 0 Å². The van der Waals surface area contributed by atoms with Gasteiger partial charge in [0.15, 0.2) is 0 Å². The van der Waals surface area contributed by atoms with Crippen LogP contribution in [0.1, 0.15) is 13.8 Å². The Morgan fingerprint density at radius 2 is 1.00 bits per heavy atom. The van der Waals surface area contributed by atoms with Crippen LogP contribution < -0.4 is 0 Å². The second-order valence-electron chi connectivity index (χ2n) is 3.90. The molecule has 4 unspecified atom stereocenters. The fourth-order valence-electron chi connectivity index (χ4n) is 1.18. The maximum atomic E-state index is 11.0. The predicted octanol–water partition coefficient (Wildman–Crippen LogP) is 1.24. The molecule has 0 aromatic carbocycles. The Kier molecular flexibility index (Phi) is 7.28. The van der Waals surface area contributed by atoms with Crippen LogP contribution in [0.25, 0.3) is 0 Å². The summed E-state index contributed by atoms with van der Waals surface area (Å²) in [4.78, 5) is -0.882. The SMILES string of the molecule is CC(OS(C)(=O)=O)C(Br)C(Br)C(C)OS(C)(=O)=O. The molecule has 10 heteroatoms. The number of hydrogen-bond donors (Lipinski definition) is 0. The molecule has 0 amide bonds. The Morgan fingerprint density at radius 3 is 1.17 bits per heavy atom. The molecule has 110 valence electrons. The van der Waals surface area contributed by atoms with Crippen molar-refractivity contribution in [1.82, 2.24) is 0 Å². The van der Waals surface area contributed by atoms with E-state index < -0.39 is 42.1 Å². The summed E-state index contributed by atoms with van der Waals surface area (Å²) in [5, 5.41) is 0. The molecular formula is C8H16Br2O6S2. The lowest BCUT2D eigenvalue weighted by Gasteiger charge is -2.26. The topological polar surface area (TPSA) is 86.7 Å². The molecule has 0 aromatic rings. The first kappa shape index (κ1) is 18.8. The van der Waals surface area contributed by atoms with Gasteiger partial charge in [-0.25, -0.2) is 0 Å². The van der Waals surface area contributed by atoms with Gasteiger partial charge < -0.3 is 0 Å². The van der Waals surface area contributed by atoms with Gasteiger partial charge in [0.05, 0.1) is 34.4 Å². The highest BCUT2D eigenvalue weighted by molar-refractivity contribution is 9.12. The van der Waals surface area contributed by atoms with Crippen LogP contribution in [0.15, 0.2) is 0 Å². The third-order valence-corrected chi connectivity index (χ3v) is 6.50. The number of rotatable bonds is 7. The van der Waals surface area contributed by atoms with Crippen LogP contribution in [0.4, 0.5) is 0 Å². The van der Waals surface area contributed by atoms with E-state index in [1.807, 2.05) is 0 Å². The third-order valence-electron chi connectivity index (χ3n) is 1.85. The van der Waals surface area contributed by atoms with E-state index in [9.17, 15) is 16.8 Å². The lowest BCUT2D eigenvalue weighted by Crippen LogP contribution is -2.38. The van der Waals surface area contributed by atoms with Gasteiger partial charge in [-0.3, -0.25) is 8.37 Å². The monoisotopic (exact) mass is 430 g/mol. The van der Waals surface area contributed by atoms with Crippen molar-refractivity contribution in [3.8, 4) is 0 Å². The van der Waals surface area contributed by atoms with E-state index in [0.717, 1.165) is 12.5 Å².